The van der Waals surface area contributed by atoms with Crippen LogP contribution in [0.2, 0.25) is 0 Å². The van der Waals surface area contributed by atoms with Gasteiger partial charge in [-0.25, -0.2) is 20.6 Å². The Hall–Kier alpha value is -3.72. The molecule has 2 aromatic carbocycles. The van der Waals surface area contributed by atoms with E-state index in [-0.39, 0.29) is 11.1 Å². The lowest BCUT2D eigenvalue weighted by Crippen LogP contribution is -2.36. The summed E-state index contributed by atoms with van der Waals surface area (Å²) in [6, 6.07) is 14.2. The molecule has 0 aliphatic rings. The number of benzene rings is 2. The fraction of sp³-hybridized carbons (Fsp3) is 0.0588. The topological polar surface area (TPSA) is 132 Å². The molecule has 3 N–H and O–H groups in total. The fourth-order valence-electron chi connectivity index (χ4n) is 2.46. The lowest BCUT2D eigenvalue weighted by Gasteiger charge is -2.15. The van der Waals surface area contributed by atoms with E-state index in [1.807, 2.05) is 30.3 Å². The molecule has 1 aromatic heterocycles. The standard InChI is InChI=1S/C17H14N4O5/c18-20(17(22)23)16-13-7-6-12(26-10-11-4-2-1-3-5-11)8-14(13)19-9-15(16)21(24)25/h1-9H,10,18H2,(H,22,23). The van der Waals surface area contributed by atoms with Gasteiger partial charge < -0.3 is 9.84 Å². The van der Waals surface area contributed by atoms with E-state index in [2.05, 4.69) is 4.98 Å². The number of hydrogen-bond donors (Lipinski definition) is 2. The van der Waals surface area contributed by atoms with Crippen molar-refractivity contribution in [1.82, 2.24) is 4.98 Å². The van der Waals surface area contributed by atoms with Crippen LogP contribution in [0.15, 0.2) is 54.7 Å². The summed E-state index contributed by atoms with van der Waals surface area (Å²) >= 11 is 0. The maximum absolute atomic E-state index is 11.2. The normalized spacial score (nSPS) is 10.5. The Labute approximate surface area is 147 Å². The van der Waals surface area contributed by atoms with E-state index in [0.29, 0.717) is 22.9 Å². The van der Waals surface area contributed by atoms with E-state index in [9.17, 15) is 14.9 Å². The molecule has 0 saturated carbocycles. The second kappa shape index (κ2) is 7.03. The molecule has 9 heteroatoms. The van der Waals surface area contributed by atoms with Gasteiger partial charge in [0.15, 0.2) is 5.69 Å². The highest BCUT2D eigenvalue weighted by Gasteiger charge is 2.25. The lowest BCUT2D eigenvalue weighted by atomic mass is 10.1. The van der Waals surface area contributed by atoms with Crippen LogP contribution < -0.4 is 15.6 Å². The highest BCUT2D eigenvalue weighted by atomic mass is 16.6. The molecular formula is C17H14N4O5. The average molecular weight is 354 g/mol. The Morgan fingerprint density at radius 2 is 2.00 bits per heavy atom. The fourth-order valence-corrected chi connectivity index (χ4v) is 2.46. The number of rotatable bonds is 5. The molecule has 9 nitrogen and oxygen atoms in total. The number of pyridine rings is 1. The van der Waals surface area contributed by atoms with Crippen LogP contribution in [-0.2, 0) is 6.61 Å². The molecule has 0 spiro atoms. The van der Waals surface area contributed by atoms with E-state index < -0.39 is 16.7 Å². The Kier molecular flexibility index (Phi) is 4.63. The molecular weight excluding hydrogens is 340 g/mol. The van der Waals surface area contributed by atoms with E-state index in [0.717, 1.165) is 11.8 Å². The first-order valence-corrected chi connectivity index (χ1v) is 7.49. The largest absolute Gasteiger partial charge is 0.489 e. The zero-order valence-corrected chi connectivity index (χ0v) is 13.4. The Balaban J connectivity index is 1.99. The number of carbonyl (C=O) groups is 1. The molecule has 1 heterocycles. The average Bonchev–Trinajstić information content (AvgIpc) is 2.65. The molecule has 3 rings (SSSR count). The maximum atomic E-state index is 11.2. The molecule has 1 amide bonds. The van der Waals surface area contributed by atoms with Crippen LogP contribution in [0, 0.1) is 10.1 Å². The summed E-state index contributed by atoms with van der Waals surface area (Å²) in [5.74, 6) is 5.98. The zero-order chi connectivity index (χ0) is 18.7. The second-order valence-corrected chi connectivity index (χ2v) is 5.35. The summed E-state index contributed by atoms with van der Waals surface area (Å²) in [6.07, 6.45) is -0.549. The Morgan fingerprint density at radius 3 is 2.65 bits per heavy atom. The van der Waals surface area contributed by atoms with Crippen LogP contribution in [0.5, 0.6) is 5.75 Å². The van der Waals surface area contributed by atoms with Crippen LogP contribution in [0.4, 0.5) is 16.2 Å². The number of anilines is 1. The lowest BCUT2D eigenvalue weighted by molar-refractivity contribution is -0.384. The van der Waals surface area contributed by atoms with Gasteiger partial charge in [0.25, 0.3) is 0 Å². The number of fused-ring (bicyclic) bond motifs is 1. The molecule has 132 valence electrons. The van der Waals surface area contributed by atoms with Crippen molar-refractivity contribution in [2.24, 2.45) is 5.84 Å². The highest BCUT2D eigenvalue weighted by molar-refractivity contribution is 6.03. The quantitative estimate of drug-likeness (QED) is 0.311. The van der Waals surface area contributed by atoms with Gasteiger partial charge in [0.2, 0.25) is 0 Å². The smallest absolute Gasteiger partial charge is 0.426 e. The molecule has 0 unspecified atom stereocenters. The number of carboxylic acid groups (broad SMARTS) is 1. The minimum absolute atomic E-state index is 0.233. The Bertz CT molecular complexity index is 978. The third-order valence-electron chi connectivity index (χ3n) is 3.68. The third kappa shape index (κ3) is 3.37. The second-order valence-electron chi connectivity index (χ2n) is 5.35. The van der Waals surface area contributed by atoms with E-state index >= 15 is 0 Å². The number of hydrazine groups is 1. The van der Waals surface area contributed by atoms with E-state index in [1.54, 1.807) is 12.1 Å². The van der Waals surface area contributed by atoms with Crippen molar-refractivity contribution >= 4 is 28.4 Å². The SMILES string of the molecule is NN(C(=O)O)c1c([N+](=O)[O-])cnc2cc(OCc3ccccc3)ccc12. The van der Waals surface area contributed by atoms with E-state index in [4.69, 9.17) is 15.7 Å². The van der Waals surface area contributed by atoms with E-state index in [1.165, 1.54) is 6.07 Å². The van der Waals surface area contributed by atoms with Crippen molar-refractivity contribution in [3.8, 4) is 5.75 Å². The monoisotopic (exact) mass is 354 g/mol. The number of aromatic nitrogens is 1. The van der Waals surface area contributed by atoms with Gasteiger partial charge in [-0.1, -0.05) is 30.3 Å². The van der Waals surface area contributed by atoms with Gasteiger partial charge in [0.1, 0.15) is 18.6 Å². The number of nitro groups is 1. The van der Waals surface area contributed by atoms with Crippen LogP contribution >= 0.6 is 0 Å². The van der Waals surface area contributed by atoms with Gasteiger partial charge in [0, 0.05) is 11.5 Å². The minimum Gasteiger partial charge on any atom is -0.489 e. The van der Waals surface area contributed by atoms with Gasteiger partial charge in [-0.15, -0.1) is 0 Å². The number of ether oxygens (including phenoxy) is 1. The molecule has 0 fully saturated rings. The number of nitrogens with zero attached hydrogens (tertiary/aromatic N) is 3. The summed E-state index contributed by atoms with van der Waals surface area (Å²) in [5.41, 5.74) is 0.555. The molecule has 0 atom stereocenters. The van der Waals surface area contributed by atoms with Crippen LogP contribution in [0.1, 0.15) is 5.56 Å². The van der Waals surface area contributed by atoms with Crippen LogP contribution in [-0.4, -0.2) is 21.1 Å². The number of hydrogen-bond acceptors (Lipinski definition) is 6. The molecule has 0 bridgehead atoms. The van der Waals surface area contributed by atoms with Crippen molar-refractivity contribution < 1.29 is 19.6 Å². The summed E-state index contributed by atoms with van der Waals surface area (Å²) in [4.78, 5) is 25.7. The van der Waals surface area contributed by atoms with Crippen molar-refractivity contribution in [2.75, 3.05) is 5.01 Å². The number of amides is 1. The molecule has 26 heavy (non-hydrogen) atoms. The third-order valence-corrected chi connectivity index (χ3v) is 3.68. The highest BCUT2D eigenvalue weighted by Crippen LogP contribution is 2.35. The summed E-state index contributed by atoms with van der Waals surface area (Å²) < 4.78 is 5.69. The molecule has 0 radical (unpaired) electrons. The molecule has 0 aliphatic carbocycles. The molecule has 0 saturated heterocycles. The maximum Gasteiger partial charge on any atom is 0.426 e. The van der Waals surface area contributed by atoms with Crippen molar-refractivity contribution in [1.29, 1.82) is 0 Å². The van der Waals surface area contributed by atoms with Gasteiger partial charge in [0.05, 0.1) is 10.4 Å². The predicted octanol–water partition coefficient (Wildman–Crippen LogP) is 3.08. The van der Waals surface area contributed by atoms with Crippen LogP contribution in [0.25, 0.3) is 10.9 Å². The van der Waals surface area contributed by atoms with Crippen LogP contribution in [0.3, 0.4) is 0 Å². The summed E-state index contributed by atoms with van der Waals surface area (Å²) in [7, 11) is 0. The first-order chi connectivity index (χ1) is 12.5. The molecule has 3 aromatic rings. The minimum atomic E-state index is -1.52. The zero-order valence-electron chi connectivity index (χ0n) is 13.4. The van der Waals surface area contributed by atoms with Gasteiger partial charge in [-0.2, -0.15) is 0 Å². The summed E-state index contributed by atoms with van der Waals surface area (Å²) in [5, 5.41) is 20.8. The van der Waals surface area contributed by atoms with Gasteiger partial charge in [-0.05, 0) is 17.7 Å². The molecule has 0 aliphatic heterocycles. The first-order valence-electron chi connectivity index (χ1n) is 7.49. The van der Waals surface area contributed by atoms with Gasteiger partial charge >= 0.3 is 11.8 Å². The van der Waals surface area contributed by atoms with Crippen molar-refractivity contribution in [3.63, 3.8) is 0 Å². The van der Waals surface area contributed by atoms with Crippen molar-refractivity contribution in [2.45, 2.75) is 6.61 Å². The predicted molar refractivity (Wildman–Crippen MR) is 93.9 cm³/mol. The number of nitrogens with two attached hydrogens (primary N) is 1. The van der Waals surface area contributed by atoms with Gasteiger partial charge in [-0.3, -0.25) is 10.1 Å². The first kappa shape index (κ1) is 17.1. The Morgan fingerprint density at radius 1 is 1.27 bits per heavy atom. The summed E-state index contributed by atoms with van der Waals surface area (Å²) in [6.45, 7) is 0.338. The van der Waals surface area contributed by atoms with Crippen molar-refractivity contribution in [3.05, 3.63) is 70.4 Å².